The molecule has 0 N–H and O–H groups in total. The summed E-state index contributed by atoms with van der Waals surface area (Å²) in [7, 11) is 0. The molecule has 1 aromatic heterocycles. The number of benzene rings is 2. The summed E-state index contributed by atoms with van der Waals surface area (Å²) in [5.41, 5.74) is 3.74. The first kappa shape index (κ1) is 22.2. The van der Waals surface area contributed by atoms with Crippen LogP contribution in [-0.4, -0.2) is 47.7 Å². The summed E-state index contributed by atoms with van der Waals surface area (Å²) in [5.74, 6) is 1.74. The van der Waals surface area contributed by atoms with E-state index in [2.05, 4.69) is 68.1 Å². The highest BCUT2D eigenvalue weighted by Crippen LogP contribution is 2.33. The Kier molecular flexibility index (Phi) is 7.18. The molecule has 1 saturated heterocycles. The summed E-state index contributed by atoms with van der Waals surface area (Å²) in [5, 5.41) is 1.09. The second kappa shape index (κ2) is 10.0. The number of hydrogen-bond donors (Lipinski definition) is 0. The number of nitrogens with zero attached hydrogens (tertiary/aromatic N) is 3. The van der Waals surface area contributed by atoms with Crippen LogP contribution in [0, 0.1) is 6.92 Å². The number of aromatic nitrogens is 1. The number of carbonyl (C=O) groups excluding carboxylic acids is 1. The fourth-order valence-electron chi connectivity index (χ4n) is 3.91. The first-order chi connectivity index (χ1) is 15.0. The van der Waals surface area contributed by atoms with E-state index in [4.69, 9.17) is 4.98 Å². The number of aryl methyl sites for hydroxylation is 1. The molecule has 0 atom stereocenters. The van der Waals surface area contributed by atoms with Gasteiger partial charge in [-0.2, -0.15) is 0 Å². The number of thiazole rings is 1. The predicted molar refractivity (Wildman–Crippen MR) is 134 cm³/mol. The average Bonchev–Trinajstić information content (AvgIpc) is 3.22. The summed E-state index contributed by atoms with van der Waals surface area (Å²) in [4.78, 5) is 23.3. The van der Waals surface area contributed by atoms with Gasteiger partial charge in [-0.25, -0.2) is 4.98 Å². The van der Waals surface area contributed by atoms with Crippen LogP contribution in [0.25, 0.3) is 10.2 Å². The lowest BCUT2D eigenvalue weighted by Gasteiger charge is -2.34. The normalized spacial score (nSPS) is 14.6. The third kappa shape index (κ3) is 5.42. The molecule has 0 radical (unpaired) electrons. The zero-order chi connectivity index (χ0) is 21.8. The Balaban J connectivity index is 1.25. The molecule has 1 amide bonds. The number of fused-ring (bicyclic) bond motifs is 1. The van der Waals surface area contributed by atoms with Crippen molar-refractivity contribution in [2.75, 3.05) is 36.8 Å². The Hall–Kier alpha value is -2.05. The van der Waals surface area contributed by atoms with Gasteiger partial charge in [0, 0.05) is 37.5 Å². The molecule has 1 fully saturated rings. The fourth-order valence-corrected chi connectivity index (χ4v) is 5.82. The summed E-state index contributed by atoms with van der Waals surface area (Å²) in [6, 6.07) is 15.1. The zero-order valence-electron chi connectivity index (χ0n) is 18.6. The van der Waals surface area contributed by atoms with E-state index in [-0.39, 0.29) is 5.91 Å². The fraction of sp³-hybridized carbons (Fsp3) is 0.440. The minimum atomic E-state index is 0.288. The molecule has 0 spiro atoms. The van der Waals surface area contributed by atoms with Crippen molar-refractivity contribution < 1.29 is 4.79 Å². The molecule has 0 saturated carbocycles. The number of anilines is 1. The van der Waals surface area contributed by atoms with E-state index in [0.717, 1.165) is 49.0 Å². The minimum absolute atomic E-state index is 0.288. The first-order valence-electron chi connectivity index (χ1n) is 11.1. The molecule has 2 aromatic carbocycles. The summed E-state index contributed by atoms with van der Waals surface area (Å²) in [6.07, 6.45) is 1.56. The molecule has 3 aromatic rings. The van der Waals surface area contributed by atoms with E-state index in [1.54, 1.807) is 11.3 Å². The van der Waals surface area contributed by atoms with E-state index in [1.165, 1.54) is 20.7 Å². The second-order valence-electron chi connectivity index (χ2n) is 8.48. The van der Waals surface area contributed by atoms with Crippen LogP contribution in [0.5, 0.6) is 0 Å². The second-order valence-corrected chi connectivity index (χ2v) is 10.7. The lowest BCUT2D eigenvalue weighted by molar-refractivity contribution is -0.131. The topological polar surface area (TPSA) is 36.4 Å². The zero-order valence-corrected chi connectivity index (χ0v) is 20.3. The molecule has 0 bridgehead atoms. The third-order valence-electron chi connectivity index (χ3n) is 5.79. The van der Waals surface area contributed by atoms with Gasteiger partial charge in [-0.1, -0.05) is 55.0 Å². The maximum Gasteiger partial charge on any atom is 0.222 e. The maximum atomic E-state index is 12.6. The Morgan fingerprint density at radius 1 is 1.10 bits per heavy atom. The molecule has 2 heterocycles. The molecule has 0 aliphatic carbocycles. The van der Waals surface area contributed by atoms with Crippen LogP contribution in [0.4, 0.5) is 5.13 Å². The van der Waals surface area contributed by atoms with Crippen LogP contribution in [0.1, 0.15) is 43.7 Å². The molecular weight excluding hydrogens is 422 g/mol. The summed E-state index contributed by atoms with van der Waals surface area (Å²) in [6.45, 7) is 9.84. The molecular formula is C25H31N3OS2. The minimum Gasteiger partial charge on any atom is -0.345 e. The van der Waals surface area contributed by atoms with Crippen molar-refractivity contribution in [2.24, 2.45) is 0 Å². The average molecular weight is 454 g/mol. The summed E-state index contributed by atoms with van der Waals surface area (Å²) >= 11 is 3.60. The molecule has 4 rings (SSSR count). The van der Waals surface area contributed by atoms with Crippen molar-refractivity contribution in [3.63, 3.8) is 0 Å². The Morgan fingerprint density at radius 2 is 1.84 bits per heavy atom. The van der Waals surface area contributed by atoms with Gasteiger partial charge in [0.05, 0.1) is 10.2 Å². The van der Waals surface area contributed by atoms with Gasteiger partial charge in [0.1, 0.15) is 0 Å². The van der Waals surface area contributed by atoms with Gasteiger partial charge in [0.2, 0.25) is 5.91 Å². The highest BCUT2D eigenvalue weighted by molar-refractivity contribution is 7.99. The van der Waals surface area contributed by atoms with E-state index < -0.39 is 0 Å². The Morgan fingerprint density at radius 3 is 2.55 bits per heavy atom. The molecule has 4 nitrogen and oxygen atoms in total. The Bertz CT molecular complexity index is 1020. The van der Waals surface area contributed by atoms with Crippen molar-refractivity contribution in [2.45, 2.75) is 44.4 Å². The van der Waals surface area contributed by atoms with Gasteiger partial charge in [0.25, 0.3) is 0 Å². The predicted octanol–water partition coefficient (Wildman–Crippen LogP) is 5.95. The number of carbonyl (C=O) groups is 1. The third-order valence-corrected chi connectivity index (χ3v) is 7.97. The summed E-state index contributed by atoms with van der Waals surface area (Å²) < 4.78 is 1.26. The molecule has 164 valence electrons. The van der Waals surface area contributed by atoms with Crippen LogP contribution in [0.3, 0.4) is 0 Å². The van der Waals surface area contributed by atoms with E-state index in [0.29, 0.717) is 12.3 Å². The van der Waals surface area contributed by atoms with E-state index in [9.17, 15) is 4.79 Å². The van der Waals surface area contributed by atoms with Gasteiger partial charge in [-0.3, -0.25) is 4.79 Å². The van der Waals surface area contributed by atoms with Crippen LogP contribution in [0.15, 0.2) is 47.4 Å². The molecule has 6 heteroatoms. The number of amides is 1. The van der Waals surface area contributed by atoms with Crippen LogP contribution >= 0.6 is 23.1 Å². The Labute approximate surface area is 193 Å². The van der Waals surface area contributed by atoms with Crippen molar-refractivity contribution in [1.29, 1.82) is 0 Å². The quantitative estimate of drug-likeness (QED) is 0.327. The number of para-hydroxylation sites is 1. The van der Waals surface area contributed by atoms with Crippen molar-refractivity contribution in [3.8, 4) is 0 Å². The van der Waals surface area contributed by atoms with E-state index in [1.807, 2.05) is 16.7 Å². The number of rotatable bonds is 7. The van der Waals surface area contributed by atoms with Crippen molar-refractivity contribution in [3.05, 3.63) is 53.6 Å². The lowest BCUT2D eigenvalue weighted by atomic mass is 10.0. The molecule has 1 aliphatic heterocycles. The van der Waals surface area contributed by atoms with Crippen molar-refractivity contribution >= 4 is 44.4 Å². The highest BCUT2D eigenvalue weighted by atomic mass is 32.2. The lowest BCUT2D eigenvalue weighted by Crippen LogP contribution is -2.48. The number of thioether (sulfide) groups is 1. The first-order valence-corrected chi connectivity index (χ1v) is 12.9. The number of piperazine rings is 1. The highest BCUT2D eigenvalue weighted by Gasteiger charge is 2.23. The van der Waals surface area contributed by atoms with Crippen LogP contribution in [0.2, 0.25) is 0 Å². The number of hydrogen-bond acceptors (Lipinski definition) is 5. The van der Waals surface area contributed by atoms with Gasteiger partial charge in [-0.05, 0) is 48.8 Å². The van der Waals surface area contributed by atoms with Gasteiger partial charge < -0.3 is 9.80 Å². The monoisotopic (exact) mass is 453 g/mol. The maximum absolute atomic E-state index is 12.6. The van der Waals surface area contributed by atoms with Crippen LogP contribution in [-0.2, 0) is 4.79 Å². The largest absolute Gasteiger partial charge is 0.345 e. The van der Waals surface area contributed by atoms with Gasteiger partial charge >= 0.3 is 0 Å². The van der Waals surface area contributed by atoms with Crippen LogP contribution < -0.4 is 4.90 Å². The van der Waals surface area contributed by atoms with Gasteiger partial charge in [-0.15, -0.1) is 11.8 Å². The SMILES string of the molecule is Cc1ccc(SCCCC(=O)N2CCN(c3nc4c(C(C)C)cccc4s3)CC2)cc1. The van der Waals surface area contributed by atoms with Crippen molar-refractivity contribution in [1.82, 2.24) is 9.88 Å². The standard InChI is InChI=1S/C25H31N3OS2/c1-18(2)21-6-4-7-22-24(21)26-25(31-22)28-15-13-27(14-16-28)23(29)8-5-17-30-20-11-9-19(3)10-12-20/h4,6-7,9-12,18H,5,8,13-17H2,1-3H3. The smallest absolute Gasteiger partial charge is 0.222 e. The molecule has 0 unspecified atom stereocenters. The molecule has 1 aliphatic rings. The molecule has 31 heavy (non-hydrogen) atoms. The van der Waals surface area contributed by atoms with Gasteiger partial charge in [0.15, 0.2) is 5.13 Å². The van der Waals surface area contributed by atoms with E-state index >= 15 is 0 Å².